The maximum atomic E-state index is 14.1. The fourth-order valence-corrected chi connectivity index (χ4v) is 5.43. The van der Waals surface area contributed by atoms with Gasteiger partial charge in [-0.05, 0) is 62.2 Å². The van der Waals surface area contributed by atoms with Crippen molar-refractivity contribution in [2.45, 2.75) is 45.3 Å². The molecule has 0 radical (unpaired) electrons. The maximum Gasteiger partial charge on any atom is 0.244 e. The molecule has 0 aliphatic carbocycles. The van der Waals surface area contributed by atoms with Crippen molar-refractivity contribution < 1.29 is 18.0 Å². The smallest absolute Gasteiger partial charge is 0.244 e. The van der Waals surface area contributed by atoms with Crippen LogP contribution in [0, 0.1) is 0 Å². The summed E-state index contributed by atoms with van der Waals surface area (Å²) in [5, 5.41) is 3.93. The van der Waals surface area contributed by atoms with Crippen LogP contribution in [0.3, 0.4) is 0 Å². The van der Waals surface area contributed by atoms with Gasteiger partial charge in [-0.25, -0.2) is 8.42 Å². The summed E-state index contributed by atoms with van der Waals surface area (Å²) in [5.41, 5.74) is 1.11. The second kappa shape index (κ2) is 13.3. The van der Waals surface area contributed by atoms with Gasteiger partial charge in [0.15, 0.2) is 0 Å². The average molecular weight is 625 g/mol. The van der Waals surface area contributed by atoms with E-state index in [4.69, 9.17) is 34.8 Å². The number of sulfonamides is 1. The molecule has 3 rings (SSSR count). The van der Waals surface area contributed by atoms with Crippen LogP contribution in [0.5, 0.6) is 0 Å². The lowest BCUT2D eigenvalue weighted by Gasteiger charge is -2.35. The van der Waals surface area contributed by atoms with Crippen LogP contribution in [0.15, 0.2) is 72.8 Å². The van der Waals surface area contributed by atoms with E-state index in [1.54, 1.807) is 36.4 Å². The van der Waals surface area contributed by atoms with Gasteiger partial charge in [0.05, 0.1) is 22.0 Å². The minimum Gasteiger partial charge on any atom is -0.350 e. The van der Waals surface area contributed by atoms with Crippen molar-refractivity contribution >= 4 is 62.3 Å². The Morgan fingerprint density at radius 1 is 0.875 bits per heavy atom. The molecule has 11 heteroatoms. The first-order chi connectivity index (χ1) is 18.6. The van der Waals surface area contributed by atoms with Crippen LogP contribution in [-0.2, 0) is 32.6 Å². The minimum absolute atomic E-state index is 0.0159. The lowest BCUT2D eigenvalue weighted by Crippen LogP contribution is -2.56. The van der Waals surface area contributed by atoms with E-state index in [1.165, 1.54) is 11.0 Å². The zero-order valence-electron chi connectivity index (χ0n) is 22.7. The van der Waals surface area contributed by atoms with E-state index in [0.717, 1.165) is 16.1 Å². The summed E-state index contributed by atoms with van der Waals surface area (Å²) in [7, 11) is -3.89. The Bertz CT molecular complexity index is 1460. The molecule has 3 aromatic carbocycles. The highest BCUT2D eigenvalue weighted by Gasteiger charge is 2.34. The molecule has 3 aromatic rings. The summed E-state index contributed by atoms with van der Waals surface area (Å²) in [6, 6.07) is 19.5. The fraction of sp³-hybridized carbons (Fsp3) is 0.310. The van der Waals surface area contributed by atoms with Gasteiger partial charge in [-0.1, -0.05) is 77.3 Å². The molecule has 0 aliphatic heterocycles. The Kier molecular flexibility index (Phi) is 10.5. The van der Waals surface area contributed by atoms with Crippen LogP contribution in [0.2, 0.25) is 15.1 Å². The SMILES string of the molecule is CC(C)(C)NC(=O)[C@H](Cc1ccccc1)N(Cc1ccc(Cl)c(Cl)c1)C(=O)CN(c1cccc(Cl)c1)S(C)(=O)=O. The van der Waals surface area contributed by atoms with Crippen molar-refractivity contribution in [2.24, 2.45) is 0 Å². The predicted octanol–water partition coefficient (Wildman–Crippen LogP) is 5.97. The monoisotopic (exact) mass is 623 g/mol. The number of halogens is 3. The third kappa shape index (κ3) is 9.13. The molecule has 0 bridgehead atoms. The zero-order valence-corrected chi connectivity index (χ0v) is 25.8. The molecule has 0 aliphatic rings. The van der Waals surface area contributed by atoms with Crippen LogP contribution in [0.25, 0.3) is 0 Å². The number of rotatable bonds is 10. The van der Waals surface area contributed by atoms with E-state index in [-0.39, 0.29) is 24.6 Å². The number of nitrogens with one attached hydrogen (secondary N) is 1. The van der Waals surface area contributed by atoms with Crippen molar-refractivity contribution in [3.63, 3.8) is 0 Å². The van der Waals surface area contributed by atoms with Crippen LogP contribution < -0.4 is 9.62 Å². The number of hydrogen-bond acceptors (Lipinski definition) is 4. The van der Waals surface area contributed by atoms with E-state index in [9.17, 15) is 18.0 Å². The number of benzene rings is 3. The molecular weight excluding hydrogens is 593 g/mol. The summed E-state index contributed by atoms with van der Waals surface area (Å²) in [5.74, 6) is -0.958. The maximum absolute atomic E-state index is 14.1. The van der Waals surface area contributed by atoms with E-state index >= 15 is 0 Å². The Labute approximate surface area is 251 Å². The molecular formula is C29H32Cl3N3O4S. The van der Waals surface area contributed by atoms with E-state index < -0.39 is 34.1 Å². The summed E-state index contributed by atoms with van der Waals surface area (Å²) < 4.78 is 26.6. The summed E-state index contributed by atoms with van der Waals surface area (Å²) in [6.45, 7) is 4.98. The van der Waals surface area contributed by atoms with E-state index in [1.807, 2.05) is 51.1 Å². The van der Waals surface area contributed by atoms with Crippen molar-refractivity contribution in [1.29, 1.82) is 0 Å². The Hall–Kier alpha value is -2.78. The second-order valence-electron chi connectivity index (χ2n) is 10.5. The van der Waals surface area contributed by atoms with E-state index in [2.05, 4.69) is 5.32 Å². The third-order valence-electron chi connectivity index (χ3n) is 5.88. The molecule has 0 saturated carbocycles. The molecule has 0 fully saturated rings. The molecule has 40 heavy (non-hydrogen) atoms. The topological polar surface area (TPSA) is 86.8 Å². The minimum atomic E-state index is -3.89. The normalized spacial score (nSPS) is 12.5. The van der Waals surface area contributed by atoms with Gasteiger partial charge in [-0.3, -0.25) is 13.9 Å². The van der Waals surface area contributed by atoms with Crippen molar-refractivity contribution in [1.82, 2.24) is 10.2 Å². The molecule has 214 valence electrons. The van der Waals surface area contributed by atoms with Gasteiger partial charge < -0.3 is 10.2 Å². The number of carbonyl (C=O) groups is 2. The lowest BCUT2D eigenvalue weighted by molar-refractivity contribution is -0.140. The molecule has 0 spiro atoms. The molecule has 1 atom stereocenters. The van der Waals surface area contributed by atoms with Gasteiger partial charge in [-0.15, -0.1) is 0 Å². The number of anilines is 1. The predicted molar refractivity (Wildman–Crippen MR) is 162 cm³/mol. The molecule has 2 amide bonds. The van der Waals surface area contributed by atoms with Crippen LogP contribution in [0.4, 0.5) is 5.69 Å². The fourth-order valence-electron chi connectivity index (χ4n) is 4.09. The summed E-state index contributed by atoms with van der Waals surface area (Å²) >= 11 is 18.5. The first-order valence-electron chi connectivity index (χ1n) is 12.5. The van der Waals surface area contributed by atoms with Crippen molar-refractivity contribution in [3.05, 3.63) is 99.0 Å². The molecule has 1 N–H and O–H groups in total. The zero-order chi connectivity index (χ0) is 29.7. The summed E-state index contributed by atoms with van der Waals surface area (Å²) in [6.07, 6.45) is 1.21. The highest BCUT2D eigenvalue weighted by molar-refractivity contribution is 7.92. The highest BCUT2D eigenvalue weighted by atomic mass is 35.5. The second-order valence-corrected chi connectivity index (χ2v) is 13.6. The highest BCUT2D eigenvalue weighted by Crippen LogP contribution is 2.26. The van der Waals surface area contributed by atoms with Crippen molar-refractivity contribution in [2.75, 3.05) is 17.1 Å². The third-order valence-corrected chi connectivity index (χ3v) is 8.00. The van der Waals surface area contributed by atoms with Gasteiger partial charge in [0, 0.05) is 23.5 Å². The van der Waals surface area contributed by atoms with Crippen LogP contribution in [0.1, 0.15) is 31.9 Å². The van der Waals surface area contributed by atoms with Gasteiger partial charge in [0.25, 0.3) is 0 Å². The molecule has 0 saturated heterocycles. The summed E-state index contributed by atoms with van der Waals surface area (Å²) in [4.78, 5) is 29.2. The standard InChI is InChI=1S/C29H32Cl3N3O4S/c1-29(2,3)33-28(37)26(16-20-9-6-5-7-10-20)34(18-21-13-14-24(31)25(32)15-21)27(36)19-35(40(4,38)39)23-12-8-11-22(30)17-23/h5-15,17,26H,16,18-19H2,1-4H3,(H,33,37)/t26-/m0/s1. The number of amides is 2. The Balaban J connectivity index is 2.09. The van der Waals surface area contributed by atoms with Crippen molar-refractivity contribution in [3.8, 4) is 0 Å². The van der Waals surface area contributed by atoms with Gasteiger partial charge >= 0.3 is 0 Å². The van der Waals surface area contributed by atoms with Crippen LogP contribution >= 0.6 is 34.8 Å². The number of carbonyl (C=O) groups excluding carboxylic acids is 2. The van der Waals surface area contributed by atoms with Gasteiger partial charge in [-0.2, -0.15) is 0 Å². The first-order valence-corrected chi connectivity index (χ1v) is 15.4. The average Bonchev–Trinajstić information content (AvgIpc) is 2.85. The number of nitrogens with zero attached hydrogens (tertiary/aromatic N) is 2. The van der Waals surface area contributed by atoms with Crippen LogP contribution in [-0.4, -0.2) is 49.5 Å². The first kappa shape index (κ1) is 31.7. The molecule has 0 unspecified atom stereocenters. The van der Waals surface area contributed by atoms with E-state index in [0.29, 0.717) is 20.6 Å². The largest absolute Gasteiger partial charge is 0.350 e. The number of hydrogen-bond donors (Lipinski definition) is 1. The molecule has 0 aromatic heterocycles. The van der Waals surface area contributed by atoms with Gasteiger partial charge in [0.1, 0.15) is 12.6 Å². The Morgan fingerprint density at radius 3 is 2.12 bits per heavy atom. The molecule has 7 nitrogen and oxygen atoms in total. The Morgan fingerprint density at radius 2 is 1.55 bits per heavy atom. The lowest BCUT2D eigenvalue weighted by atomic mass is 10.0. The molecule has 0 heterocycles. The quantitative estimate of drug-likeness (QED) is 0.301. The van der Waals surface area contributed by atoms with Gasteiger partial charge in [0.2, 0.25) is 21.8 Å².